The van der Waals surface area contributed by atoms with E-state index in [9.17, 15) is 18.4 Å². The molecule has 0 heterocycles. The number of anilines is 1. The normalized spacial score (nSPS) is 11.2. The van der Waals surface area contributed by atoms with Crippen LogP contribution in [0.3, 0.4) is 0 Å². The largest absolute Gasteiger partial charge is 0.494 e. The van der Waals surface area contributed by atoms with Crippen LogP contribution in [-0.4, -0.2) is 30.6 Å². The molecule has 190 valence electrons. The van der Waals surface area contributed by atoms with Crippen molar-refractivity contribution in [2.45, 2.75) is 46.1 Å². The van der Waals surface area contributed by atoms with Gasteiger partial charge in [-0.05, 0) is 74.7 Å². The Hall–Kier alpha value is -3.74. The van der Waals surface area contributed by atoms with Crippen molar-refractivity contribution in [3.05, 3.63) is 83.9 Å². The number of amides is 1. The van der Waals surface area contributed by atoms with Gasteiger partial charge in [0.25, 0.3) is 5.91 Å². The molecule has 0 saturated carbocycles. The molecule has 1 amide bonds. The maximum atomic E-state index is 14.5. The second kappa shape index (κ2) is 11.8. The summed E-state index contributed by atoms with van der Waals surface area (Å²) in [4.78, 5) is 27.0. The lowest BCUT2D eigenvalue weighted by molar-refractivity contribution is -0.152. The maximum Gasteiger partial charge on any atom is 0.326 e. The van der Waals surface area contributed by atoms with E-state index in [1.54, 1.807) is 39.0 Å². The molecule has 0 aliphatic carbocycles. The van der Waals surface area contributed by atoms with Crippen LogP contribution in [0.25, 0.3) is 11.1 Å². The molecule has 5 nitrogen and oxygen atoms in total. The second-order valence-corrected chi connectivity index (χ2v) is 9.35. The van der Waals surface area contributed by atoms with Crippen molar-refractivity contribution in [3.8, 4) is 16.9 Å². The molecule has 0 N–H and O–H groups in total. The average Bonchev–Trinajstić information content (AvgIpc) is 2.82. The standard InChI is InChI=1S/C29H31F2NO4/c1-5-6-17-35-23-15-13-20(14-16-23)21-9-7-10-22(18-21)32(19-26(33)36-29(2,3)4)28(34)27-24(30)11-8-12-25(27)31/h7-16,18H,5-6,17,19H2,1-4H3. The Morgan fingerprint density at radius 1 is 0.889 bits per heavy atom. The molecule has 3 aromatic carbocycles. The summed E-state index contributed by atoms with van der Waals surface area (Å²) in [6.07, 6.45) is 2.01. The van der Waals surface area contributed by atoms with E-state index in [4.69, 9.17) is 9.47 Å². The predicted molar refractivity (Wildman–Crippen MR) is 136 cm³/mol. The first-order valence-electron chi connectivity index (χ1n) is 11.9. The van der Waals surface area contributed by atoms with Crippen molar-refractivity contribution in [1.29, 1.82) is 0 Å². The predicted octanol–water partition coefficient (Wildman–Crippen LogP) is 6.80. The Morgan fingerprint density at radius 2 is 1.53 bits per heavy atom. The molecule has 0 aliphatic rings. The molecule has 0 bridgehead atoms. The minimum absolute atomic E-state index is 0.300. The Balaban J connectivity index is 1.95. The van der Waals surface area contributed by atoms with Crippen LogP contribution < -0.4 is 9.64 Å². The monoisotopic (exact) mass is 495 g/mol. The number of hydrogen-bond acceptors (Lipinski definition) is 4. The zero-order chi connectivity index (χ0) is 26.3. The van der Waals surface area contributed by atoms with E-state index in [2.05, 4.69) is 6.92 Å². The Labute approximate surface area is 210 Å². The van der Waals surface area contributed by atoms with Gasteiger partial charge in [0.1, 0.15) is 35.1 Å². The number of rotatable bonds is 9. The second-order valence-electron chi connectivity index (χ2n) is 9.35. The number of nitrogens with zero attached hydrogens (tertiary/aromatic N) is 1. The highest BCUT2D eigenvalue weighted by molar-refractivity contribution is 6.09. The van der Waals surface area contributed by atoms with Gasteiger partial charge in [-0.15, -0.1) is 0 Å². The van der Waals surface area contributed by atoms with Gasteiger partial charge in [0.05, 0.1) is 6.61 Å². The highest BCUT2D eigenvalue weighted by Crippen LogP contribution is 2.28. The van der Waals surface area contributed by atoms with Crippen molar-refractivity contribution in [2.24, 2.45) is 0 Å². The molecule has 0 aromatic heterocycles. The molecular weight excluding hydrogens is 464 g/mol. The van der Waals surface area contributed by atoms with E-state index in [1.165, 1.54) is 6.07 Å². The molecule has 0 unspecified atom stereocenters. The molecule has 3 rings (SSSR count). The van der Waals surface area contributed by atoms with E-state index in [0.29, 0.717) is 12.3 Å². The van der Waals surface area contributed by atoms with Crippen LogP contribution in [0.15, 0.2) is 66.7 Å². The molecule has 36 heavy (non-hydrogen) atoms. The first-order valence-corrected chi connectivity index (χ1v) is 11.9. The number of carbonyl (C=O) groups is 2. The zero-order valence-electron chi connectivity index (χ0n) is 21.0. The third-order valence-corrected chi connectivity index (χ3v) is 5.24. The molecule has 0 fully saturated rings. The average molecular weight is 496 g/mol. The van der Waals surface area contributed by atoms with Crippen LogP contribution in [0.1, 0.15) is 50.9 Å². The van der Waals surface area contributed by atoms with Crippen molar-refractivity contribution in [1.82, 2.24) is 0 Å². The van der Waals surface area contributed by atoms with Crippen molar-refractivity contribution in [3.63, 3.8) is 0 Å². The molecule has 0 atom stereocenters. The summed E-state index contributed by atoms with van der Waals surface area (Å²) in [5.74, 6) is -2.95. The van der Waals surface area contributed by atoms with E-state index >= 15 is 0 Å². The molecule has 0 radical (unpaired) electrons. The molecular formula is C29H31F2NO4. The summed E-state index contributed by atoms with van der Waals surface area (Å²) in [5.41, 5.74) is 0.372. The van der Waals surface area contributed by atoms with Gasteiger partial charge in [-0.1, -0.05) is 43.7 Å². The number of carbonyl (C=O) groups excluding carboxylic acids is 2. The van der Waals surface area contributed by atoms with Crippen molar-refractivity contribution >= 4 is 17.6 Å². The Bertz CT molecular complexity index is 1180. The third kappa shape index (κ3) is 7.13. The SMILES string of the molecule is CCCCOc1ccc(-c2cccc(N(CC(=O)OC(C)(C)C)C(=O)c3c(F)cccc3F)c2)cc1. The fraction of sp³-hybridized carbons (Fsp3) is 0.310. The van der Waals surface area contributed by atoms with Gasteiger partial charge in [-0.3, -0.25) is 14.5 Å². The zero-order valence-corrected chi connectivity index (χ0v) is 21.0. The van der Waals surface area contributed by atoms with Crippen LogP contribution in [0, 0.1) is 11.6 Å². The Morgan fingerprint density at radius 3 is 2.14 bits per heavy atom. The van der Waals surface area contributed by atoms with E-state index < -0.39 is 41.2 Å². The van der Waals surface area contributed by atoms with Gasteiger partial charge >= 0.3 is 5.97 Å². The summed E-state index contributed by atoms with van der Waals surface area (Å²) >= 11 is 0. The van der Waals surface area contributed by atoms with Gasteiger partial charge in [0, 0.05) is 5.69 Å². The fourth-order valence-electron chi connectivity index (χ4n) is 3.55. The lowest BCUT2D eigenvalue weighted by Crippen LogP contribution is -2.39. The Kier molecular flexibility index (Phi) is 8.80. The number of halogens is 2. The number of unbranched alkanes of at least 4 members (excludes halogenated alkanes) is 1. The van der Waals surface area contributed by atoms with Gasteiger partial charge in [-0.25, -0.2) is 8.78 Å². The van der Waals surface area contributed by atoms with Gasteiger partial charge in [0.15, 0.2) is 0 Å². The summed E-state index contributed by atoms with van der Waals surface area (Å²) < 4.78 is 40.0. The van der Waals surface area contributed by atoms with E-state index in [-0.39, 0.29) is 0 Å². The van der Waals surface area contributed by atoms with Crippen LogP contribution in [0.2, 0.25) is 0 Å². The lowest BCUT2D eigenvalue weighted by atomic mass is 10.0. The minimum atomic E-state index is -1.01. The van der Waals surface area contributed by atoms with Crippen LogP contribution in [-0.2, 0) is 9.53 Å². The molecule has 0 aliphatic heterocycles. The smallest absolute Gasteiger partial charge is 0.326 e. The highest BCUT2D eigenvalue weighted by atomic mass is 19.1. The third-order valence-electron chi connectivity index (χ3n) is 5.24. The van der Waals surface area contributed by atoms with Gasteiger partial charge in [0.2, 0.25) is 0 Å². The summed E-state index contributed by atoms with van der Waals surface area (Å²) in [7, 11) is 0. The molecule has 7 heteroatoms. The summed E-state index contributed by atoms with van der Waals surface area (Å²) in [6.45, 7) is 7.31. The van der Waals surface area contributed by atoms with Gasteiger partial charge < -0.3 is 9.47 Å². The number of esters is 1. The van der Waals surface area contributed by atoms with Crippen LogP contribution in [0.5, 0.6) is 5.75 Å². The maximum absolute atomic E-state index is 14.5. The van der Waals surface area contributed by atoms with Crippen LogP contribution in [0.4, 0.5) is 14.5 Å². The minimum Gasteiger partial charge on any atom is -0.494 e. The van der Waals surface area contributed by atoms with E-state index in [0.717, 1.165) is 46.8 Å². The number of benzene rings is 3. The van der Waals surface area contributed by atoms with Crippen molar-refractivity contribution < 1.29 is 27.8 Å². The van der Waals surface area contributed by atoms with Crippen LogP contribution >= 0.6 is 0 Å². The number of hydrogen-bond donors (Lipinski definition) is 0. The van der Waals surface area contributed by atoms with Crippen molar-refractivity contribution in [2.75, 3.05) is 18.1 Å². The molecule has 3 aromatic rings. The van der Waals surface area contributed by atoms with Gasteiger partial charge in [-0.2, -0.15) is 0 Å². The topological polar surface area (TPSA) is 55.8 Å². The lowest BCUT2D eigenvalue weighted by Gasteiger charge is -2.26. The summed E-state index contributed by atoms with van der Waals surface area (Å²) in [6, 6.07) is 17.5. The molecule has 0 spiro atoms. The summed E-state index contributed by atoms with van der Waals surface area (Å²) in [5, 5.41) is 0. The number of ether oxygens (including phenoxy) is 2. The first kappa shape index (κ1) is 26.9. The fourth-order valence-corrected chi connectivity index (χ4v) is 3.55. The first-order chi connectivity index (χ1) is 17.1. The highest BCUT2D eigenvalue weighted by Gasteiger charge is 2.28. The quantitative estimate of drug-likeness (QED) is 0.242. The van der Waals surface area contributed by atoms with E-state index in [1.807, 2.05) is 30.3 Å². The molecule has 0 saturated heterocycles.